The molecule has 0 aromatic heterocycles. The molecule has 0 aliphatic carbocycles. The molecule has 4 nitrogen and oxygen atoms in total. The quantitative estimate of drug-likeness (QED) is 0.850. The van der Waals surface area contributed by atoms with E-state index in [1.165, 1.54) is 0 Å². The van der Waals surface area contributed by atoms with Gasteiger partial charge in [-0.25, -0.2) is 0 Å². The number of amides is 2. The van der Waals surface area contributed by atoms with Gasteiger partial charge in [0.1, 0.15) is 6.04 Å². The fourth-order valence-electron chi connectivity index (χ4n) is 2.68. The molecule has 0 spiro atoms. The highest BCUT2D eigenvalue weighted by molar-refractivity contribution is 9.10. The van der Waals surface area contributed by atoms with Crippen LogP contribution in [0.5, 0.6) is 0 Å². The molecule has 0 radical (unpaired) electrons. The summed E-state index contributed by atoms with van der Waals surface area (Å²) < 4.78 is 0.709. The molecule has 2 aromatic carbocycles. The molecule has 118 valence electrons. The van der Waals surface area contributed by atoms with Crippen LogP contribution < -0.4 is 5.32 Å². The lowest BCUT2D eigenvalue weighted by atomic mass is 10.0. The van der Waals surface area contributed by atoms with Crippen molar-refractivity contribution < 1.29 is 9.59 Å². The van der Waals surface area contributed by atoms with Crippen LogP contribution >= 0.6 is 27.5 Å². The summed E-state index contributed by atoms with van der Waals surface area (Å²) in [6.45, 7) is 0.884. The molecule has 1 heterocycles. The summed E-state index contributed by atoms with van der Waals surface area (Å²) in [5, 5.41) is 3.35. The number of hydrogen-bond donors (Lipinski definition) is 1. The molecular formula is C17H14BrClN2O2. The number of carbonyl (C=O) groups excluding carboxylic acids is 2. The summed E-state index contributed by atoms with van der Waals surface area (Å²) in [5.74, 6) is -0.378. The van der Waals surface area contributed by atoms with E-state index in [2.05, 4.69) is 21.2 Å². The van der Waals surface area contributed by atoms with Crippen LogP contribution in [0.1, 0.15) is 22.0 Å². The average Bonchev–Trinajstić information content (AvgIpc) is 2.54. The number of halogens is 2. The third kappa shape index (κ3) is 3.26. The maximum Gasteiger partial charge on any atom is 0.256 e. The largest absolute Gasteiger partial charge is 0.352 e. The molecule has 1 aliphatic heterocycles. The minimum atomic E-state index is -0.679. The lowest BCUT2D eigenvalue weighted by Gasteiger charge is -2.35. The second-order valence-electron chi connectivity index (χ2n) is 5.23. The molecule has 1 N–H and O–H groups in total. The van der Waals surface area contributed by atoms with Crippen molar-refractivity contribution in [3.8, 4) is 0 Å². The van der Waals surface area contributed by atoms with Gasteiger partial charge >= 0.3 is 0 Å². The van der Waals surface area contributed by atoms with Gasteiger partial charge in [-0.15, -0.1) is 0 Å². The number of nitrogens with one attached hydrogen (secondary N) is 1. The van der Waals surface area contributed by atoms with Crippen molar-refractivity contribution >= 4 is 39.3 Å². The molecule has 2 aromatic rings. The zero-order chi connectivity index (χ0) is 16.4. The van der Waals surface area contributed by atoms with Crippen LogP contribution in [0.4, 0.5) is 0 Å². The Hall–Kier alpha value is -1.85. The minimum absolute atomic E-state index is 0.183. The van der Waals surface area contributed by atoms with Gasteiger partial charge in [-0.2, -0.15) is 0 Å². The van der Waals surface area contributed by atoms with E-state index >= 15 is 0 Å². The Kier molecular flexibility index (Phi) is 4.68. The molecule has 6 heteroatoms. The third-order valence-corrected chi connectivity index (χ3v) is 4.67. The van der Waals surface area contributed by atoms with E-state index in [-0.39, 0.29) is 11.8 Å². The summed E-state index contributed by atoms with van der Waals surface area (Å²) in [6, 6.07) is 13.6. The zero-order valence-electron chi connectivity index (χ0n) is 12.1. The van der Waals surface area contributed by atoms with Gasteiger partial charge in [0, 0.05) is 22.6 Å². The normalized spacial score (nSPS) is 17.7. The van der Waals surface area contributed by atoms with Crippen LogP contribution in [-0.2, 0) is 4.79 Å². The van der Waals surface area contributed by atoms with Crippen molar-refractivity contribution in [1.29, 1.82) is 0 Å². The fourth-order valence-corrected chi connectivity index (χ4v) is 3.34. The van der Waals surface area contributed by atoms with Gasteiger partial charge in [0.25, 0.3) is 5.91 Å². The van der Waals surface area contributed by atoms with Gasteiger partial charge in [0.05, 0.1) is 5.56 Å². The molecule has 0 bridgehead atoms. The number of benzene rings is 2. The minimum Gasteiger partial charge on any atom is -0.352 e. The van der Waals surface area contributed by atoms with Gasteiger partial charge in [-0.3, -0.25) is 9.59 Å². The van der Waals surface area contributed by atoms with Crippen LogP contribution in [-0.4, -0.2) is 29.8 Å². The second-order valence-corrected chi connectivity index (χ2v) is 6.52. The highest BCUT2D eigenvalue weighted by Crippen LogP contribution is 2.28. The van der Waals surface area contributed by atoms with E-state index in [0.717, 1.165) is 0 Å². The molecule has 3 rings (SSSR count). The lowest BCUT2D eigenvalue weighted by Crippen LogP contribution is -2.52. The Morgan fingerprint density at radius 2 is 2.00 bits per heavy atom. The van der Waals surface area contributed by atoms with Crippen molar-refractivity contribution in [1.82, 2.24) is 10.2 Å². The Morgan fingerprint density at radius 3 is 2.74 bits per heavy atom. The van der Waals surface area contributed by atoms with Crippen LogP contribution in [0.15, 0.2) is 53.0 Å². The summed E-state index contributed by atoms with van der Waals surface area (Å²) in [7, 11) is 0. The molecule has 1 atom stereocenters. The van der Waals surface area contributed by atoms with Crippen LogP contribution in [0.2, 0.25) is 5.02 Å². The Bertz CT molecular complexity index is 766. The molecule has 23 heavy (non-hydrogen) atoms. The average molecular weight is 394 g/mol. The number of rotatable bonds is 2. The van der Waals surface area contributed by atoms with Gasteiger partial charge in [0.2, 0.25) is 5.91 Å². The van der Waals surface area contributed by atoms with Gasteiger partial charge < -0.3 is 10.2 Å². The number of piperazine rings is 1. The molecular weight excluding hydrogens is 380 g/mol. The first-order chi connectivity index (χ1) is 11.1. The van der Waals surface area contributed by atoms with Crippen LogP contribution in [0.3, 0.4) is 0 Å². The Balaban J connectivity index is 2.00. The SMILES string of the molecule is O=C1NCCN(C(=O)c2ccccc2Br)C1c1cccc(Cl)c1. The molecule has 1 aliphatic rings. The first-order valence-corrected chi connectivity index (χ1v) is 8.33. The van der Waals surface area contributed by atoms with Gasteiger partial charge in [0.15, 0.2) is 0 Å². The first kappa shape index (κ1) is 16.0. The summed E-state index contributed by atoms with van der Waals surface area (Å²) >= 11 is 9.44. The standard InChI is InChI=1S/C17H14BrClN2O2/c18-14-7-2-1-6-13(14)17(23)21-9-8-20-16(22)15(21)11-4-3-5-12(19)10-11/h1-7,10,15H,8-9H2,(H,20,22). The maximum absolute atomic E-state index is 12.9. The molecule has 1 unspecified atom stereocenters. The highest BCUT2D eigenvalue weighted by atomic mass is 79.9. The predicted octanol–water partition coefficient (Wildman–Crippen LogP) is 3.42. The second kappa shape index (κ2) is 6.72. The topological polar surface area (TPSA) is 49.4 Å². The smallest absolute Gasteiger partial charge is 0.256 e. The summed E-state index contributed by atoms with van der Waals surface area (Å²) in [5.41, 5.74) is 1.24. The van der Waals surface area contributed by atoms with E-state index in [9.17, 15) is 9.59 Å². The summed E-state index contributed by atoms with van der Waals surface area (Å²) in [4.78, 5) is 26.9. The number of hydrogen-bond acceptors (Lipinski definition) is 2. The Labute approximate surface area is 147 Å². The fraction of sp³-hybridized carbons (Fsp3) is 0.176. The monoisotopic (exact) mass is 392 g/mol. The molecule has 1 saturated heterocycles. The van der Waals surface area contributed by atoms with Gasteiger partial charge in [-0.1, -0.05) is 35.9 Å². The third-order valence-electron chi connectivity index (χ3n) is 3.74. The van der Waals surface area contributed by atoms with Crippen molar-refractivity contribution in [2.45, 2.75) is 6.04 Å². The van der Waals surface area contributed by atoms with E-state index < -0.39 is 6.04 Å². The van der Waals surface area contributed by atoms with Crippen molar-refractivity contribution in [2.24, 2.45) is 0 Å². The van der Waals surface area contributed by atoms with E-state index in [1.54, 1.807) is 35.2 Å². The molecule has 2 amide bonds. The summed E-state index contributed by atoms with van der Waals surface area (Å²) in [6.07, 6.45) is 0. The van der Waals surface area contributed by atoms with E-state index in [4.69, 9.17) is 11.6 Å². The van der Waals surface area contributed by atoms with E-state index in [0.29, 0.717) is 33.7 Å². The van der Waals surface area contributed by atoms with Crippen LogP contribution in [0.25, 0.3) is 0 Å². The zero-order valence-corrected chi connectivity index (χ0v) is 14.5. The maximum atomic E-state index is 12.9. The first-order valence-electron chi connectivity index (χ1n) is 7.16. The highest BCUT2D eigenvalue weighted by Gasteiger charge is 2.35. The van der Waals surface area contributed by atoms with Crippen LogP contribution in [0, 0.1) is 0 Å². The molecule has 0 saturated carbocycles. The number of nitrogens with zero attached hydrogens (tertiary/aromatic N) is 1. The predicted molar refractivity (Wildman–Crippen MR) is 92.4 cm³/mol. The van der Waals surface area contributed by atoms with Gasteiger partial charge in [-0.05, 0) is 45.8 Å². The number of carbonyl (C=O) groups is 2. The van der Waals surface area contributed by atoms with Crippen molar-refractivity contribution in [2.75, 3.05) is 13.1 Å². The Morgan fingerprint density at radius 1 is 1.22 bits per heavy atom. The van der Waals surface area contributed by atoms with Crippen molar-refractivity contribution in [3.63, 3.8) is 0 Å². The van der Waals surface area contributed by atoms with E-state index in [1.807, 2.05) is 18.2 Å². The molecule has 1 fully saturated rings. The van der Waals surface area contributed by atoms with Crippen molar-refractivity contribution in [3.05, 3.63) is 69.2 Å². The lowest BCUT2D eigenvalue weighted by molar-refractivity contribution is -0.128.